The van der Waals surface area contributed by atoms with Gasteiger partial charge >= 0.3 is 0 Å². The molecular formula is C13H9BrClFN2O2. The molecule has 0 saturated carbocycles. The molecule has 2 aromatic rings. The van der Waals surface area contributed by atoms with Crippen LogP contribution in [0.5, 0.6) is 11.5 Å². The summed E-state index contributed by atoms with van der Waals surface area (Å²) in [6, 6.07) is 8.97. The van der Waals surface area contributed by atoms with E-state index in [1.807, 2.05) is 0 Å². The number of ether oxygens (including phenoxy) is 1. The first-order valence-electron chi connectivity index (χ1n) is 5.41. The van der Waals surface area contributed by atoms with E-state index in [9.17, 15) is 4.39 Å². The fourth-order valence-corrected chi connectivity index (χ4v) is 2.04. The fraction of sp³-hybridized carbons (Fsp3) is 0. The number of hydrogen-bond acceptors (Lipinski definition) is 3. The zero-order chi connectivity index (χ0) is 14.7. The molecule has 3 N–H and O–H groups in total. The maximum atomic E-state index is 13.1. The van der Waals surface area contributed by atoms with Gasteiger partial charge in [0.25, 0.3) is 0 Å². The van der Waals surface area contributed by atoms with Crippen molar-refractivity contribution in [2.45, 2.75) is 0 Å². The summed E-state index contributed by atoms with van der Waals surface area (Å²) in [5.41, 5.74) is 5.98. The Bertz CT molecular complexity index is 679. The summed E-state index contributed by atoms with van der Waals surface area (Å²) in [6.07, 6.45) is 0. The van der Waals surface area contributed by atoms with Crippen molar-refractivity contribution in [1.82, 2.24) is 0 Å². The second-order valence-electron chi connectivity index (χ2n) is 3.80. The summed E-state index contributed by atoms with van der Waals surface area (Å²) in [5.74, 6) is 0.0536. The topological polar surface area (TPSA) is 67.8 Å². The molecule has 20 heavy (non-hydrogen) atoms. The van der Waals surface area contributed by atoms with Crippen LogP contribution in [0.1, 0.15) is 5.56 Å². The number of hydrogen-bond donors (Lipinski definition) is 2. The summed E-state index contributed by atoms with van der Waals surface area (Å²) in [7, 11) is 0. The smallest absolute Gasteiger partial charge is 0.173 e. The molecule has 4 nitrogen and oxygen atoms in total. The maximum absolute atomic E-state index is 13.1. The van der Waals surface area contributed by atoms with Crippen LogP contribution in [0, 0.1) is 5.82 Å². The molecule has 0 atom stereocenters. The molecule has 104 valence electrons. The van der Waals surface area contributed by atoms with Gasteiger partial charge in [-0.3, -0.25) is 0 Å². The molecule has 0 aromatic heterocycles. The molecule has 0 saturated heterocycles. The van der Waals surface area contributed by atoms with Crippen LogP contribution in [0.25, 0.3) is 0 Å². The number of nitrogens with zero attached hydrogens (tertiary/aromatic N) is 1. The third-order valence-corrected chi connectivity index (χ3v) is 3.23. The first-order valence-corrected chi connectivity index (χ1v) is 6.58. The molecule has 0 unspecified atom stereocenters. The van der Waals surface area contributed by atoms with Gasteiger partial charge in [0.05, 0.1) is 10.6 Å². The van der Waals surface area contributed by atoms with Gasteiger partial charge in [-0.1, -0.05) is 32.7 Å². The van der Waals surface area contributed by atoms with Crippen molar-refractivity contribution in [2.75, 3.05) is 0 Å². The first kappa shape index (κ1) is 14.6. The Morgan fingerprint density at radius 1 is 1.30 bits per heavy atom. The SMILES string of the molecule is N/C(=N/O)c1cc(Br)ccc1Oc1ccc(F)c(Cl)c1. The highest BCUT2D eigenvalue weighted by Crippen LogP contribution is 2.30. The highest BCUT2D eigenvalue weighted by atomic mass is 79.9. The Balaban J connectivity index is 2.40. The lowest BCUT2D eigenvalue weighted by Crippen LogP contribution is -2.14. The van der Waals surface area contributed by atoms with Crippen molar-refractivity contribution < 1.29 is 14.3 Å². The van der Waals surface area contributed by atoms with Crippen LogP contribution in [0.15, 0.2) is 46.0 Å². The second kappa shape index (κ2) is 6.11. The van der Waals surface area contributed by atoms with Crippen molar-refractivity contribution in [3.05, 3.63) is 57.3 Å². The van der Waals surface area contributed by atoms with Gasteiger partial charge in [0.2, 0.25) is 0 Å². The van der Waals surface area contributed by atoms with E-state index in [0.29, 0.717) is 17.1 Å². The molecule has 0 aliphatic carbocycles. The average molecular weight is 360 g/mol. The summed E-state index contributed by atoms with van der Waals surface area (Å²) >= 11 is 8.97. The van der Waals surface area contributed by atoms with Crippen molar-refractivity contribution in [2.24, 2.45) is 10.9 Å². The molecule has 0 bridgehead atoms. The monoisotopic (exact) mass is 358 g/mol. The lowest BCUT2D eigenvalue weighted by molar-refractivity contribution is 0.318. The van der Waals surface area contributed by atoms with Gasteiger partial charge in [-0.25, -0.2) is 4.39 Å². The van der Waals surface area contributed by atoms with E-state index in [-0.39, 0.29) is 10.9 Å². The lowest BCUT2D eigenvalue weighted by Gasteiger charge is -2.11. The fourth-order valence-electron chi connectivity index (χ4n) is 1.51. The Morgan fingerprint density at radius 2 is 2.05 bits per heavy atom. The standard InChI is InChI=1S/C13H9BrClFN2O2/c14-7-1-4-12(9(5-7)13(17)18-19)20-8-2-3-11(16)10(15)6-8/h1-6,19H,(H2,17,18). The highest BCUT2D eigenvalue weighted by molar-refractivity contribution is 9.10. The molecule has 2 aromatic carbocycles. The van der Waals surface area contributed by atoms with E-state index in [0.717, 1.165) is 4.47 Å². The molecule has 0 heterocycles. The van der Waals surface area contributed by atoms with Gasteiger partial charge in [0, 0.05) is 10.5 Å². The number of benzene rings is 2. The van der Waals surface area contributed by atoms with Crippen LogP contribution in [-0.2, 0) is 0 Å². The van der Waals surface area contributed by atoms with E-state index in [1.54, 1.807) is 18.2 Å². The van der Waals surface area contributed by atoms with Gasteiger partial charge in [-0.05, 0) is 30.3 Å². The van der Waals surface area contributed by atoms with Crippen molar-refractivity contribution in [3.63, 3.8) is 0 Å². The molecule has 0 amide bonds. The Hall–Kier alpha value is -1.79. The minimum Gasteiger partial charge on any atom is -0.457 e. The van der Waals surface area contributed by atoms with Crippen LogP contribution in [0.4, 0.5) is 4.39 Å². The Labute approximate surface area is 127 Å². The summed E-state index contributed by atoms with van der Waals surface area (Å²) in [4.78, 5) is 0. The molecule has 0 aliphatic heterocycles. The molecule has 2 rings (SSSR count). The number of rotatable bonds is 3. The van der Waals surface area contributed by atoms with E-state index in [4.69, 9.17) is 27.3 Å². The van der Waals surface area contributed by atoms with Crippen molar-refractivity contribution >= 4 is 33.4 Å². The van der Waals surface area contributed by atoms with E-state index >= 15 is 0 Å². The lowest BCUT2D eigenvalue weighted by atomic mass is 10.2. The third-order valence-electron chi connectivity index (χ3n) is 2.44. The van der Waals surface area contributed by atoms with Crippen molar-refractivity contribution in [1.29, 1.82) is 0 Å². The number of halogens is 3. The summed E-state index contributed by atoms with van der Waals surface area (Å²) in [5, 5.41) is 11.7. The van der Waals surface area contributed by atoms with Crippen molar-refractivity contribution in [3.8, 4) is 11.5 Å². The number of amidine groups is 1. The molecular weight excluding hydrogens is 351 g/mol. The van der Waals surface area contributed by atoms with Crippen LogP contribution in [0.3, 0.4) is 0 Å². The van der Waals surface area contributed by atoms with Gasteiger partial charge < -0.3 is 15.7 Å². The van der Waals surface area contributed by atoms with Crippen LogP contribution in [0.2, 0.25) is 5.02 Å². The molecule has 7 heteroatoms. The minimum absolute atomic E-state index is 0.0510. The van der Waals surface area contributed by atoms with Gasteiger partial charge in [-0.15, -0.1) is 0 Å². The zero-order valence-electron chi connectivity index (χ0n) is 9.98. The molecule has 0 aliphatic rings. The van der Waals surface area contributed by atoms with E-state index < -0.39 is 5.82 Å². The molecule has 0 radical (unpaired) electrons. The maximum Gasteiger partial charge on any atom is 0.173 e. The van der Waals surface area contributed by atoms with Gasteiger partial charge in [-0.2, -0.15) is 0 Å². The third kappa shape index (κ3) is 3.20. The quantitative estimate of drug-likeness (QED) is 0.375. The second-order valence-corrected chi connectivity index (χ2v) is 5.13. The zero-order valence-corrected chi connectivity index (χ0v) is 12.3. The Kier molecular flexibility index (Phi) is 4.46. The van der Waals surface area contributed by atoms with Crippen LogP contribution < -0.4 is 10.5 Å². The van der Waals surface area contributed by atoms with Gasteiger partial charge in [0.1, 0.15) is 17.3 Å². The number of nitrogens with two attached hydrogens (primary N) is 1. The minimum atomic E-state index is -0.536. The van der Waals surface area contributed by atoms with E-state index in [1.165, 1.54) is 18.2 Å². The first-order chi connectivity index (χ1) is 9.51. The molecule has 0 spiro atoms. The van der Waals surface area contributed by atoms with Gasteiger partial charge in [0.15, 0.2) is 5.84 Å². The largest absolute Gasteiger partial charge is 0.457 e. The van der Waals surface area contributed by atoms with Crippen LogP contribution >= 0.6 is 27.5 Å². The molecule has 0 fully saturated rings. The van der Waals surface area contributed by atoms with E-state index in [2.05, 4.69) is 21.1 Å². The highest BCUT2D eigenvalue weighted by Gasteiger charge is 2.11. The Morgan fingerprint density at radius 3 is 2.70 bits per heavy atom. The predicted octanol–water partition coefficient (Wildman–Crippen LogP) is 4.13. The van der Waals surface area contributed by atoms with Crippen LogP contribution in [-0.4, -0.2) is 11.0 Å². The summed E-state index contributed by atoms with van der Waals surface area (Å²) in [6.45, 7) is 0. The predicted molar refractivity (Wildman–Crippen MR) is 78.1 cm³/mol. The normalized spacial score (nSPS) is 11.4. The summed E-state index contributed by atoms with van der Waals surface area (Å²) < 4.78 is 19.4. The average Bonchev–Trinajstić information content (AvgIpc) is 2.44. The number of oxime groups is 1.